The first-order valence-electron chi connectivity index (χ1n) is 3.72. The Kier molecular flexibility index (Phi) is 3.72. The number of carbonyl (C=O) groups is 1. The Balaban J connectivity index is 2.75. The number of aromatic nitrogens is 1. The predicted molar refractivity (Wildman–Crippen MR) is 53.1 cm³/mol. The Morgan fingerprint density at radius 2 is 2.46 bits per heavy atom. The zero-order chi connectivity index (χ0) is 9.68. The lowest BCUT2D eigenvalue weighted by Gasteiger charge is -2.00. The smallest absolute Gasteiger partial charge is 0.266 e. The van der Waals surface area contributed by atoms with Crippen molar-refractivity contribution in [3.63, 3.8) is 0 Å². The molecule has 1 aromatic rings. The molecule has 0 spiro atoms. The second-order valence-corrected chi connectivity index (χ2v) is 3.31. The van der Waals surface area contributed by atoms with Gasteiger partial charge in [0.05, 0.1) is 11.3 Å². The molecule has 0 aliphatic carbocycles. The van der Waals surface area contributed by atoms with Crippen LogP contribution in [0.3, 0.4) is 0 Å². The van der Waals surface area contributed by atoms with E-state index in [1.807, 2.05) is 17.7 Å². The van der Waals surface area contributed by atoms with Crippen LogP contribution in [0, 0.1) is 0 Å². The zero-order valence-corrected chi connectivity index (χ0v) is 8.10. The van der Waals surface area contributed by atoms with Gasteiger partial charge in [0, 0.05) is 11.9 Å². The van der Waals surface area contributed by atoms with Gasteiger partial charge in [0.1, 0.15) is 0 Å². The average Bonchev–Trinajstić information content (AvgIpc) is 2.18. The zero-order valence-electron chi connectivity index (χ0n) is 7.28. The monoisotopic (exact) mass is 197 g/mol. The lowest BCUT2D eigenvalue weighted by molar-refractivity contribution is 0.0953. The van der Waals surface area contributed by atoms with Gasteiger partial charge in [-0.1, -0.05) is 0 Å². The highest BCUT2D eigenvalue weighted by atomic mass is 32.2. The van der Waals surface area contributed by atoms with E-state index < -0.39 is 0 Å². The third kappa shape index (κ3) is 2.71. The first-order chi connectivity index (χ1) is 6.27. The van der Waals surface area contributed by atoms with E-state index in [0.717, 1.165) is 11.4 Å². The highest BCUT2D eigenvalue weighted by Crippen LogP contribution is 2.06. The second-order valence-electron chi connectivity index (χ2n) is 2.44. The van der Waals surface area contributed by atoms with Gasteiger partial charge in [0.25, 0.3) is 5.91 Å². The predicted octanol–water partition coefficient (Wildman–Crippen LogP) is 0.548. The lowest BCUT2D eigenvalue weighted by atomic mass is 10.2. The van der Waals surface area contributed by atoms with E-state index in [1.54, 1.807) is 17.8 Å². The fraction of sp³-hybridized carbons (Fsp3) is 0.250. The highest BCUT2D eigenvalue weighted by molar-refractivity contribution is 7.97. The van der Waals surface area contributed by atoms with Gasteiger partial charge in [-0.25, -0.2) is 5.84 Å². The van der Waals surface area contributed by atoms with E-state index in [-0.39, 0.29) is 5.91 Å². The molecule has 1 aromatic heterocycles. The average molecular weight is 197 g/mol. The number of hydrogen-bond acceptors (Lipinski definition) is 4. The fourth-order valence-electron chi connectivity index (χ4n) is 0.875. The minimum Gasteiger partial charge on any atom is -0.290 e. The molecule has 5 heteroatoms. The van der Waals surface area contributed by atoms with Gasteiger partial charge in [0.15, 0.2) is 0 Å². The van der Waals surface area contributed by atoms with Gasteiger partial charge < -0.3 is 0 Å². The van der Waals surface area contributed by atoms with Crippen LogP contribution in [0.25, 0.3) is 0 Å². The summed E-state index contributed by atoms with van der Waals surface area (Å²) in [5.74, 6) is 5.50. The van der Waals surface area contributed by atoms with Gasteiger partial charge in [-0.3, -0.25) is 15.2 Å². The van der Waals surface area contributed by atoms with Crippen molar-refractivity contribution in [3.05, 3.63) is 29.6 Å². The summed E-state index contributed by atoms with van der Waals surface area (Å²) in [6.45, 7) is 0. The molecule has 1 heterocycles. The van der Waals surface area contributed by atoms with Crippen molar-refractivity contribution in [2.45, 2.75) is 5.75 Å². The van der Waals surface area contributed by atoms with E-state index in [0.29, 0.717) is 5.56 Å². The highest BCUT2D eigenvalue weighted by Gasteiger charge is 2.02. The number of thioether (sulfide) groups is 1. The normalized spacial score (nSPS) is 9.69. The van der Waals surface area contributed by atoms with Crippen LogP contribution in [-0.2, 0) is 5.75 Å². The number of hydrogen-bond donors (Lipinski definition) is 2. The third-order valence-electron chi connectivity index (χ3n) is 1.51. The van der Waals surface area contributed by atoms with Gasteiger partial charge in [-0.2, -0.15) is 11.8 Å². The lowest BCUT2D eigenvalue weighted by Crippen LogP contribution is -2.30. The fourth-order valence-corrected chi connectivity index (χ4v) is 1.34. The molecule has 0 unspecified atom stereocenters. The maximum atomic E-state index is 11.0. The molecule has 0 saturated heterocycles. The number of hydrazine groups is 1. The summed E-state index contributed by atoms with van der Waals surface area (Å²) in [7, 11) is 0. The van der Waals surface area contributed by atoms with E-state index in [9.17, 15) is 4.79 Å². The van der Waals surface area contributed by atoms with Gasteiger partial charge in [-0.05, 0) is 18.4 Å². The topological polar surface area (TPSA) is 68.0 Å². The van der Waals surface area contributed by atoms with Crippen LogP contribution in [0.2, 0.25) is 0 Å². The molecule has 1 amide bonds. The van der Waals surface area contributed by atoms with Crippen molar-refractivity contribution in [2.75, 3.05) is 6.26 Å². The van der Waals surface area contributed by atoms with Crippen molar-refractivity contribution in [1.29, 1.82) is 0 Å². The Labute approximate surface area is 80.9 Å². The molecule has 70 valence electrons. The number of rotatable bonds is 3. The van der Waals surface area contributed by atoms with Crippen molar-refractivity contribution >= 4 is 17.7 Å². The molecule has 0 bridgehead atoms. The number of amides is 1. The number of nitrogens with zero attached hydrogens (tertiary/aromatic N) is 1. The molecule has 4 nitrogen and oxygen atoms in total. The summed E-state index contributed by atoms with van der Waals surface area (Å²) in [4.78, 5) is 15.1. The second kappa shape index (κ2) is 4.84. The van der Waals surface area contributed by atoms with Crippen molar-refractivity contribution in [1.82, 2.24) is 10.4 Å². The van der Waals surface area contributed by atoms with Crippen molar-refractivity contribution in [2.24, 2.45) is 5.84 Å². The summed E-state index contributed by atoms with van der Waals surface area (Å²) in [6.07, 6.45) is 3.52. The van der Waals surface area contributed by atoms with Gasteiger partial charge >= 0.3 is 0 Å². The van der Waals surface area contributed by atoms with Crippen LogP contribution < -0.4 is 11.3 Å². The first kappa shape index (κ1) is 10.0. The van der Waals surface area contributed by atoms with Crippen molar-refractivity contribution < 1.29 is 4.79 Å². The number of nitrogen functional groups attached to an aromatic ring is 1. The van der Waals surface area contributed by atoms with E-state index >= 15 is 0 Å². The SMILES string of the molecule is CSCc1ccc(C(=O)NN)cn1. The van der Waals surface area contributed by atoms with Crippen LogP contribution in [-0.4, -0.2) is 17.1 Å². The quantitative estimate of drug-likeness (QED) is 0.422. The Morgan fingerprint density at radius 3 is 2.92 bits per heavy atom. The van der Waals surface area contributed by atoms with Crippen LogP contribution in [0.15, 0.2) is 18.3 Å². The Morgan fingerprint density at radius 1 is 1.69 bits per heavy atom. The van der Waals surface area contributed by atoms with Crippen LogP contribution in [0.1, 0.15) is 16.1 Å². The third-order valence-corrected chi connectivity index (χ3v) is 2.09. The van der Waals surface area contributed by atoms with E-state index in [2.05, 4.69) is 4.98 Å². The Bertz CT molecular complexity index is 286. The van der Waals surface area contributed by atoms with Crippen molar-refractivity contribution in [3.8, 4) is 0 Å². The molecule has 1 rings (SSSR count). The molecule has 0 saturated carbocycles. The summed E-state index contributed by atoms with van der Waals surface area (Å²) >= 11 is 1.69. The maximum Gasteiger partial charge on any atom is 0.266 e. The first-order valence-corrected chi connectivity index (χ1v) is 5.12. The number of nitrogens with two attached hydrogens (primary N) is 1. The minimum absolute atomic E-state index is 0.316. The summed E-state index contributed by atoms with van der Waals surface area (Å²) < 4.78 is 0. The molecule has 3 N–H and O–H groups in total. The van der Waals surface area contributed by atoms with Gasteiger partial charge in [-0.15, -0.1) is 0 Å². The standard InChI is InChI=1S/C8H11N3OS/c1-13-5-7-3-2-6(4-10-7)8(12)11-9/h2-4H,5,9H2,1H3,(H,11,12). The summed E-state index contributed by atoms with van der Waals surface area (Å²) in [5.41, 5.74) is 3.49. The molecular weight excluding hydrogens is 186 g/mol. The van der Waals surface area contributed by atoms with Gasteiger partial charge in [0.2, 0.25) is 0 Å². The largest absolute Gasteiger partial charge is 0.290 e. The minimum atomic E-state index is -0.316. The summed E-state index contributed by atoms with van der Waals surface area (Å²) in [5, 5.41) is 0. The molecular formula is C8H11N3OS. The molecule has 0 aliphatic heterocycles. The van der Waals surface area contributed by atoms with Crippen LogP contribution >= 0.6 is 11.8 Å². The number of carbonyl (C=O) groups excluding carboxylic acids is 1. The molecule has 0 aliphatic rings. The molecule has 13 heavy (non-hydrogen) atoms. The maximum absolute atomic E-state index is 11.0. The number of pyridine rings is 1. The van der Waals surface area contributed by atoms with E-state index in [4.69, 9.17) is 5.84 Å². The molecule has 0 radical (unpaired) electrons. The number of nitrogens with one attached hydrogen (secondary N) is 1. The summed E-state index contributed by atoms with van der Waals surface area (Å²) in [6, 6.07) is 3.53. The van der Waals surface area contributed by atoms with Crippen LogP contribution in [0.4, 0.5) is 0 Å². The molecule has 0 aromatic carbocycles. The Hall–Kier alpha value is -1.07. The van der Waals surface area contributed by atoms with E-state index in [1.165, 1.54) is 6.20 Å². The van der Waals surface area contributed by atoms with Crippen LogP contribution in [0.5, 0.6) is 0 Å². The molecule has 0 atom stereocenters. The molecule has 0 fully saturated rings.